The maximum absolute atomic E-state index is 12.8. The number of benzene rings is 1. The van der Waals surface area contributed by atoms with E-state index in [0.717, 1.165) is 48.3 Å². The molecule has 0 aromatic heterocycles. The number of aliphatic hydroxyl groups excluding tert-OH is 1. The summed E-state index contributed by atoms with van der Waals surface area (Å²) in [6.07, 6.45) is 17.1. The number of rotatable bonds is 21. The molecular weight excluding hydrogens is 759 g/mol. The van der Waals surface area contributed by atoms with Crippen molar-refractivity contribution in [2.75, 3.05) is 18.5 Å². The van der Waals surface area contributed by atoms with Gasteiger partial charge in [-0.1, -0.05) is 77.7 Å². The highest BCUT2D eigenvalue weighted by Gasteiger charge is 2.59. The average molecular weight is 834 g/mol. The SMILES string of the molecule is CC(C)CCCC(C)C1CCC2[C@@H]3CC=C4C[C@@H](OCCCNC(=O)CCC(=O)NC(C)C(=O)N[C@@H](CC(N)=O)C(=O)Nc5ccc(CO)cc5)CC[C@]4(C)[C@H]3CC[C@]12C. The molecule has 0 bridgehead atoms. The van der Waals surface area contributed by atoms with E-state index in [1.807, 2.05) is 0 Å². The van der Waals surface area contributed by atoms with Crippen LogP contribution in [0.5, 0.6) is 0 Å². The van der Waals surface area contributed by atoms with Gasteiger partial charge in [0, 0.05) is 31.7 Å². The van der Waals surface area contributed by atoms with Gasteiger partial charge >= 0.3 is 0 Å². The summed E-state index contributed by atoms with van der Waals surface area (Å²) in [7, 11) is 0. The Morgan fingerprint density at radius 2 is 1.60 bits per heavy atom. The zero-order valence-electron chi connectivity index (χ0n) is 37.3. The van der Waals surface area contributed by atoms with Crippen molar-refractivity contribution in [2.45, 2.75) is 163 Å². The van der Waals surface area contributed by atoms with E-state index in [-0.39, 0.29) is 36.9 Å². The number of anilines is 1. The summed E-state index contributed by atoms with van der Waals surface area (Å²) in [6.45, 7) is 14.8. The third-order valence-corrected chi connectivity index (χ3v) is 15.0. The minimum atomic E-state index is -1.27. The molecule has 4 aliphatic carbocycles. The highest BCUT2D eigenvalue weighted by atomic mass is 16.5. The summed E-state index contributed by atoms with van der Waals surface area (Å²) in [5.74, 6) is 2.05. The van der Waals surface area contributed by atoms with Crippen molar-refractivity contribution in [3.63, 3.8) is 0 Å². The first kappa shape index (κ1) is 47.3. The second kappa shape index (κ2) is 21.3. The molecule has 1 aromatic rings. The molecule has 4 aliphatic rings. The monoisotopic (exact) mass is 834 g/mol. The van der Waals surface area contributed by atoms with Crippen molar-refractivity contribution >= 4 is 35.2 Å². The van der Waals surface area contributed by atoms with Crippen molar-refractivity contribution in [2.24, 2.45) is 52.1 Å². The summed E-state index contributed by atoms with van der Waals surface area (Å²) < 4.78 is 6.38. The van der Waals surface area contributed by atoms with Crippen molar-refractivity contribution in [1.29, 1.82) is 0 Å². The number of hydrogen-bond donors (Lipinski definition) is 6. The predicted molar refractivity (Wildman–Crippen MR) is 234 cm³/mol. The Morgan fingerprint density at radius 1 is 0.867 bits per heavy atom. The molecule has 7 N–H and O–H groups in total. The Labute approximate surface area is 358 Å². The summed E-state index contributed by atoms with van der Waals surface area (Å²) in [5, 5.41) is 19.7. The van der Waals surface area contributed by atoms with E-state index in [1.165, 1.54) is 64.7 Å². The Hall–Kier alpha value is -3.77. The molecular formula is C48H75N5O7. The van der Waals surface area contributed by atoms with Gasteiger partial charge in [-0.25, -0.2) is 0 Å². The van der Waals surface area contributed by atoms with Gasteiger partial charge in [0.25, 0.3) is 0 Å². The lowest BCUT2D eigenvalue weighted by Crippen LogP contribution is -2.52. The molecule has 5 amide bonds. The largest absolute Gasteiger partial charge is 0.392 e. The molecule has 334 valence electrons. The molecule has 60 heavy (non-hydrogen) atoms. The minimum Gasteiger partial charge on any atom is -0.392 e. The number of carbonyl (C=O) groups is 5. The summed E-state index contributed by atoms with van der Waals surface area (Å²) in [6, 6.07) is 4.10. The number of nitrogens with two attached hydrogens (primary N) is 1. The normalized spacial score (nSPS) is 28.5. The van der Waals surface area contributed by atoms with E-state index in [1.54, 1.807) is 29.8 Å². The van der Waals surface area contributed by atoms with Gasteiger partial charge in [0.15, 0.2) is 0 Å². The van der Waals surface area contributed by atoms with Gasteiger partial charge in [-0.15, -0.1) is 0 Å². The predicted octanol–water partition coefficient (Wildman–Crippen LogP) is 6.70. The molecule has 0 aliphatic heterocycles. The number of aliphatic hydroxyl groups is 1. The van der Waals surface area contributed by atoms with E-state index in [9.17, 15) is 29.1 Å². The lowest BCUT2D eigenvalue weighted by molar-refractivity contribution is -0.132. The van der Waals surface area contributed by atoms with Crippen molar-refractivity contribution in [3.8, 4) is 0 Å². The van der Waals surface area contributed by atoms with Crippen LogP contribution < -0.4 is 27.0 Å². The van der Waals surface area contributed by atoms with Crippen LogP contribution in [0.1, 0.15) is 143 Å². The summed E-state index contributed by atoms with van der Waals surface area (Å²) in [4.78, 5) is 62.4. The lowest BCUT2D eigenvalue weighted by atomic mass is 9.47. The lowest BCUT2D eigenvalue weighted by Gasteiger charge is -2.58. The van der Waals surface area contributed by atoms with Crippen LogP contribution in [0.25, 0.3) is 0 Å². The van der Waals surface area contributed by atoms with E-state index in [0.29, 0.717) is 36.2 Å². The Kier molecular flexibility index (Phi) is 16.8. The zero-order chi connectivity index (χ0) is 43.6. The van der Waals surface area contributed by atoms with E-state index in [4.69, 9.17) is 10.5 Å². The summed E-state index contributed by atoms with van der Waals surface area (Å²) in [5.41, 5.74) is 8.77. The number of fused-ring (bicyclic) bond motifs is 5. The second-order valence-corrected chi connectivity index (χ2v) is 19.6. The zero-order valence-corrected chi connectivity index (χ0v) is 37.3. The molecule has 12 heteroatoms. The number of nitrogens with one attached hydrogen (secondary N) is 4. The fraction of sp³-hybridized carbons (Fsp3) is 0.729. The van der Waals surface area contributed by atoms with Gasteiger partial charge in [0.1, 0.15) is 12.1 Å². The molecule has 3 saturated carbocycles. The van der Waals surface area contributed by atoms with Crippen LogP contribution in [0.15, 0.2) is 35.9 Å². The van der Waals surface area contributed by atoms with Crippen molar-refractivity contribution in [3.05, 3.63) is 41.5 Å². The number of allylic oxidation sites excluding steroid dienone is 1. The molecule has 0 heterocycles. The fourth-order valence-corrected chi connectivity index (χ4v) is 11.7. The van der Waals surface area contributed by atoms with Crippen molar-refractivity contribution < 1.29 is 33.8 Å². The fourth-order valence-electron chi connectivity index (χ4n) is 11.7. The first-order valence-electron chi connectivity index (χ1n) is 23.0. The third-order valence-electron chi connectivity index (χ3n) is 15.0. The highest BCUT2D eigenvalue weighted by molar-refractivity contribution is 6.00. The van der Waals surface area contributed by atoms with Gasteiger partial charge < -0.3 is 36.8 Å². The quantitative estimate of drug-likeness (QED) is 0.0588. The average Bonchev–Trinajstić information content (AvgIpc) is 3.57. The number of ether oxygens (including phenoxy) is 1. The molecule has 10 atom stereocenters. The number of amides is 5. The summed E-state index contributed by atoms with van der Waals surface area (Å²) >= 11 is 0. The van der Waals surface area contributed by atoms with Crippen LogP contribution in [-0.2, 0) is 35.3 Å². The molecule has 4 unspecified atom stereocenters. The first-order valence-corrected chi connectivity index (χ1v) is 23.0. The van der Waals surface area contributed by atoms with Crippen LogP contribution in [0.2, 0.25) is 0 Å². The maximum atomic E-state index is 12.8. The van der Waals surface area contributed by atoms with Gasteiger partial charge in [0.05, 0.1) is 19.1 Å². The molecule has 5 rings (SSSR count). The van der Waals surface area contributed by atoms with Gasteiger partial charge in [-0.3, -0.25) is 24.0 Å². The van der Waals surface area contributed by atoms with E-state index in [2.05, 4.69) is 62.0 Å². The van der Waals surface area contributed by atoms with Crippen LogP contribution >= 0.6 is 0 Å². The van der Waals surface area contributed by atoms with Gasteiger partial charge in [0.2, 0.25) is 29.5 Å². The smallest absolute Gasteiger partial charge is 0.247 e. The van der Waals surface area contributed by atoms with E-state index >= 15 is 0 Å². The molecule has 0 spiro atoms. The number of hydrogen-bond acceptors (Lipinski definition) is 7. The second-order valence-electron chi connectivity index (χ2n) is 19.6. The number of carbonyl (C=O) groups excluding carboxylic acids is 5. The maximum Gasteiger partial charge on any atom is 0.247 e. The van der Waals surface area contributed by atoms with Crippen molar-refractivity contribution in [1.82, 2.24) is 16.0 Å². The third kappa shape index (κ3) is 12.0. The molecule has 0 saturated heterocycles. The van der Waals surface area contributed by atoms with Crippen LogP contribution in [0.3, 0.4) is 0 Å². The van der Waals surface area contributed by atoms with Crippen LogP contribution in [0.4, 0.5) is 5.69 Å². The molecule has 12 nitrogen and oxygen atoms in total. The first-order chi connectivity index (χ1) is 28.5. The van der Waals surface area contributed by atoms with Crippen LogP contribution in [0, 0.1) is 46.3 Å². The molecule has 3 fully saturated rings. The molecule has 0 radical (unpaired) electrons. The van der Waals surface area contributed by atoms with Gasteiger partial charge in [-0.05, 0) is 129 Å². The highest BCUT2D eigenvalue weighted by Crippen LogP contribution is 2.67. The number of primary amides is 1. The van der Waals surface area contributed by atoms with Crippen LogP contribution in [-0.4, -0.2) is 66.0 Å². The molecule has 1 aromatic carbocycles. The minimum absolute atomic E-state index is 0.0433. The Morgan fingerprint density at radius 3 is 2.30 bits per heavy atom. The topological polar surface area (TPSA) is 189 Å². The Bertz CT molecular complexity index is 1680. The van der Waals surface area contributed by atoms with E-state index < -0.39 is 42.1 Å². The standard InChI is InChI=1S/C48H75N5O7/c1-30(2)9-7-10-31(3)38-17-18-39-37-16-13-34-27-36(21-23-47(34,5)40(37)22-24-48(38,39)6)60-26-8-25-50-43(56)19-20-44(57)51-32(4)45(58)53-41(28-42(49)55)46(59)52-35-14-11-33(29-54)12-15-35/h11-15,30-32,36-41,54H,7-10,16-29H2,1-6H3,(H2,49,55)(H,50,56)(H,51,57)(H,52,59)(H,53,58)/t31?,32?,36-,37-,38?,39?,40-,41-,47-,48+/m0/s1. The Balaban J connectivity index is 0.976. The van der Waals surface area contributed by atoms with Gasteiger partial charge in [-0.2, -0.15) is 0 Å².